The van der Waals surface area contributed by atoms with Crippen LogP contribution in [0, 0.1) is 0 Å². The van der Waals surface area contributed by atoms with E-state index in [0.29, 0.717) is 0 Å². The number of para-hydroxylation sites is 1. The van der Waals surface area contributed by atoms with Crippen molar-refractivity contribution in [1.29, 1.82) is 0 Å². The number of pyridine rings is 1. The molecule has 0 saturated carbocycles. The number of hydrogen-bond acceptors (Lipinski definition) is 4. The van der Waals surface area contributed by atoms with Crippen molar-refractivity contribution < 1.29 is 9.53 Å². The number of fused-ring (bicyclic) bond motifs is 1. The molecule has 1 heterocycles. The molecule has 0 amide bonds. The molecule has 4 heteroatoms. The Morgan fingerprint density at radius 2 is 1.83 bits per heavy atom. The largest absolute Gasteiger partial charge is 0.468 e. The first-order valence-electron chi connectivity index (χ1n) is 7.38. The fourth-order valence-corrected chi connectivity index (χ4v) is 3.25. The summed E-state index contributed by atoms with van der Waals surface area (Å²) in [6, 6.07) is 20.5. The molecule has 0 spiro atoms. The van der Waals surface area contributed by atoms with Crippen LogP contribution in [0.5, 0.6) is 0 Å². The van der Waals surface area contributed by atoms with Crippen molar-refractivity contribution >= 4 is 28.6 Å². The van der Waals surface area contributed by atoms with Crippen LogP contribution in [0.3, 0.4) is 0 Å². The molecule has 0 aliphatic heterocycles. The highest BCUT2D eigenvalue weighted by molar-refractivity contribution is 7.99. The van der Waals surface area contributed by atoms with Gasteiger partial charge in [-0.3, -0.25) is 4.79 Å². The lowest BCUT2D eigenvalue weighted by molar-refractivity contribution is -0.137. The van der Waals surface area contributed by atoms with Gasteiger partial charge in [-0.2, -0.15) is 0 Å². The Morgan fingerprint density at radius 3 is 2.61 bits per heavy atom. The molecule has 0 aliphatic carbocycles. The highest BCUT2D eigenvalue weighted by Gasteiger charge is 2.11. The maximum atomic E-state index is 11.4. The molecule has 0 bridgehead atoms. The second kappa shape index (κ2) is 7.29. The Balaban J connectivity index is 1.96. The van der Waals surface area contributed by atoms with Gasteiger partial charge in [0.15, 0.2) is 0 Å². The molecule has 3 nitrogen and oxygen atoms in total. The molecule has 0 atom stereocenters. The van der Waals surface area contributed by atoms with Crippen LogP contribution in [0.4, 0.5) is 0 Å². The minimum absolute atomic E-state index is 0.240. The zero-order valence-corrected chi connectivity index (χ0v) is 13.7. The number of nitrogens with zero attached hydrogens (tertiary/aromatic N) is 1. The van der Waals surface area contributed by atoms with E-state index in [2.05, 4.69) is 24.3 Å². The SMILES string of the molecule is COC(=O)CSc1nc2ccccc2cc1Cc1ccccc1. The number of esters is 1. The summed E-state index contributed by atoms with van der Waals surface area (Å²) in [5.41, 5.74) is 3.30. The Labute approximate surface area is 139 Å². The Morgan fingerprint density at radius 1 is 1.09 bits per heavy atom. The van der Waals surface area contributed by atoms with E-state index in [1.165, 1.54) is 24.4 Å². The summed E-state index contributed by atoms with van der Waals surface area (Å²) in [4.78, 5) is 16.2. The van der Waals surface area contributed by atoms with Crippen LogP contribution in [-0.4, -0.2) is 23.8 Å². The van der Waals surface area contributed by atoms with Crippen LogP contribution >= 0.6 is 11.8 Å². The summed E-state index contributed by atoms with van der Waals surface area (Å²) in [5, 5.41) is 2.00. The monoisotopic (exact) mass is 323 g/mol. The number of methoxy groups -OCH3 is 1. The molecular formula is C19H17NO2S. The maximum absolute atomic E-state index is 11.4. The Hall–Kier alpha value is -2.33. The van der Waals surface area contributed by atoms with Crippen molar-refractivity contribution in [2.45, 2.75) is 11.4 Å². The van der Waals surface area contributed by atoms with E-state index in [4.69, 9.17) is 9.72 Å². The third kappa shape index (κ3) is 3.90. The zero-order chi connectivity index (χ0) is 16.1. The van der Waals surface area contributed by atoms with Gasteiger partial charge in [0.1, 0.15) is 5.03 Å². The predicted octanol–water partition coefficient (Wildman–Crippen LogP) is 4.09. The quantitative estimate of drug-likeness (QED) is 0.524. The maximum Gasteiger partial charge on any atom is 0.316 e. The number of thioether (sulfide) groups is 1. The Kier molecular flexibility index (Phi) is 4.93. The molecule has 1 aromatic heterocycles. The number of hydrogen-bond donors (Lipinski definition) is 0. The third-order valence-corrected chi connectivity index (χ3v) is 4.56. The van der Waals surface area contributed by atoms with Crippen LogP contribution in [0.15, 0.2) is 65.7 Å². The van der Waals surface area contributed by atoms with E-state index in [9.17, 15) is 4.79 Å². The lowest BCUT2D eigenvalue weighted by Crippen LogP contribution is -2.04. The summed E-state index contributed by atoms with van der Waals surface area (Å²) in [6.45, 7) is 0. The first-order chi connectivity index (χ1) is 11.3. The van der Waals surface area contributed by atoms with Crippen molar-refractivity contribution in [1.82, 2.24) is 4.98 Å². The van der Waals surface area contributed by atoms with Crippen molar-refractivity contribution in [3.63, 3.8) is 0 Å². The topological polar surface area (TPSA) is 39.2 Å². The van der Waals surface area contributed by atoms with Crippen molar-refractivity contribution in [3.8, 4) is 0 Å². The van der Waals surface area contributed by atoms with Gasteiger partial charge in [-0.25, -0.2) is 4.98 Å². The average Bonchev–Trinajstić information content (AvgIpc) is 2.60. The van der Waals surface area contributed by atoms with Crippen LogP contribution in [0.1, 0.15) is 11.1 Å². The van der Waals surface area contributed by atoms with Gasteiger partial charge in [-0.15, -0.1) is 0 Å². The van der Waals surface area contributed by atoms with Crippen molar-refractivity contribution in [3.05, 3.63) is 71.8 Å². The molecule has 116 valence electrons. The number of carbonyl (C=O) groups excluding carboxylic acids is 1. The number of ether oxygens (including phenoxy) is 1. The first kappa shape index (κ1) is 15.6. The summed E-state index contributed by atoms with van der Waals surface area (Å²) < 4.78 is 4.73. The molecule has 0 unspecified atom stereocenters. The lowest BCUT2D eigenvalue weighted by atomic mass is 10.0. The van der Waals surface area contributed by atoms with Gasteiger partial charge in [0.2, 0.25) is 0 Å². The van der Waals surface area contributed by atoms with Gasteiger partial charge in [-0.05, 0) is 23.3 Å². The van der Waals surface area contributed by atoms with Crippen LogP contribution in [0.2, 0.25) is 0 Å². The van der Waals surface area contributed by atoms with E-state index in [1.807, 2.05) is 36.4 Å². The highest BCUT2D eigenvalue weighted by Crippen LogP contribution is 2.27. The Bertz CT molecular complexity index is 818. The van der Waals surface area contributed by atoms with E-state index in [0.717, 1.165) is 27.9 Å². The smallest absolute Gasteiger partial charge is 0.316 e. The number of benzene rings is 2. The van der Waals surface area contributed by atoms with Crippen molar-refractivity contribution in [2.24, 2.45) is 0 Å². The van der Waals surface area contributed by atoms with Gasteiger partial charge in [-0.1, -0.05) is 60.3 Å². The summed E-state index contributed by atoms with van der Waals surface area (Å²) in [5.74, 6) is 0.0273. The lowest BCUT2D eigenvalue weighted by Gasteiger charge is -2.10. The van der Waals surface area contributed by atoms with Gasteiger partial charge in [0.05, 0.1) is 18.4 Å². The van der Waals surface area contributed by atoms with Crippen molar-refractivity contribution in [2.75, 3.05) is 12.9 Å². The standard InChI is InChI=1S/C19H17NO2S/c1-22-18(21)13-23-19-16(11-14-7-3-2-4-8-14)12-15-9-5-6-10-17(15)20-19/h2-10,12H,11,13H2,1H3. The van der Waals surface area contributed by atoms with Crippen LogP contribution < -0.4 is 0 Å². The average molecular weight is 323 g/mol. The van der Waals surface area contributed by atoms with E-state index >= 15 is 0 Å². The van der Waals surface area contributed by atoms with Crippen LogP contribution in [0.25, 0.3) is 10.9 Å². The molecule has 0 N–H and O–H groups in total. The molecular weight excluding hydrogens is 306 g/mol. The molecule has 0 fully saturated rings. The van der Waals surface area contributed by atoms with Gasteiger partial charge < -0.3 is 4.74 Å². The predicted molar refractivity (Wildman–Crippen MR) is 93.7 cm³/mol. The summed E-state index contributed by atoms with van der Waals surface area (Å²) >= 11 is 1.43. The van der Waals surface area contributed by atoms with Gasteiger partial charge in [0.25, 0.3) is 0 Å². The molecule has 23 heavy (non-hydrogen) atoms. The molecule has 0 radical (unpaired) electrons. The molecule has 0 saturated heterocycles. The highest BCUT2D eigenvalue weighted by atomic mass is 32.2. The van der Waals surface area contributed by atoms with Gasteiger partial charge >= 0.3 is 5.97 Å². The normalized spacial score (nSPS) is 10.7. The molecule has 0 aliphatic rings. The number of aromatic nitrogens is 1. The summed E-state index contributed by atoms with van der Waals surface area (Å²) in [7, 11) is 1.40. The minimum atomic E-state index is -0.240. The third-order valence-electron chi connectivity index (χ3n) is 3.55. The number of carbonyl (C=O) groups is 1. The first-order valence-corrected chi connectivity index (χ1v) is 8.37. The minimum Gasteiger partial charge on any atom is -0.468 e. The summed E-state index contributed by atoms with van der Waals surface area (Å²) in [6.07, 6.45) is 0.794. The molecule has 2 aromatic carbocycles. The second-order valence-corrected chi connectivity index (χ2v) is 6.14. The van der Waals surface area contributed by atoms with E-state index < -0.39 is 0 Å². The fraction of sp³-hybridized carbons (Fsp3) is 0.158. The fourth-order valence-electron chi connectivity index (χ4n) is 2.40. The van der Waals surface area contributed by atoms with E-state index in [1.54, 1.807) is 0 Å². The van der Waals surface area contributed by atoms with E-state index in [-0.39, 0.29) is 11.7 Å². The zero-order valence-electron chi connectivity index (χ0n) is 12.9. The molecule has 3 aromatic rings. The number of rotatable bonds is 5. The van der Waals surface area contributed by atoms with Gasteiger partial charge in [0, 0.05) is 11.8 Å². The molecule has 3 rings (SSSR count). The van der Waals surface area contributed by atoms with Crippen LogP contribution in [-0.2, 0) is 16.0 Å². The second-order valence-electron chi connectivity index (χ2n) is 5.17.